The minimum absolute atomic E-state index is 0.0415. The van der Waals surface area contributed by atoms with Crippen molar-refractivity contribution in [2.24, 2.45) is 5.92 Å². The van der Waals surface area contributed by atoms with Crippen LogP contribution in [0.4, 0.5) is 0 Å². The summed E-state index contributed by atoms with van der Waals surface area (Å²) in [5, 5.41) is 3.33. The van der Waals surface area contributed by atoms with Gasteiger partial charge in [0.05, 0.1) is 6.54 Å². The van der Waals surface area contributed by atoms with Crippen molar-refractivity contribution < 1.29 is 12.8 Å². The van der Waals surface area contributed by atoms with E-state index in [1.807, 2.05) is 6.92 Å². The Labute approximate surface area is 134 Å². The van der Waals surface area contributed by atoms with E-state index < -0.39 is 10.0 Å². The number of furan rings is 1. The van der Waals surface area contributed by atoms with Crippen molar-refractivity contribution in [3.8, 4) is 0 Å². The predicted molar refractivity (Wildman–Crippen MR) is 83.4 cm³/mol. The van der Waals surface area contributed by atoms with Crippen molar-refractivity contribution in [3.63, 3.8) is 0 Å². The Morgan fingerprint density at radius 3 is 2.71 bits per heavy atom. The molecule has 1 aliphatic heterocycles. The molecule has 2 aliphatic rings. The molecule has 1 N–H and O–H groups in total. The Morgan fingerprint density at radius 1 is 1.43 bits per heavy atom. The fraction of sp³-hybridized carbons (Fsp3) is 0.714. The monoisotopic (exact) mass is 376 g/mol. The predicted octanol–water partition coefficient (Wildman–Crippen LogP) is 2.71. The van der Waals surface area contributed by atoms with Crippen LogP contribution in [0, 0.1) is 5.92 Å². The first-order valence-corrected chi connectivity index (χ1v) is 9.64. The van der Waals surface area contributed by atoms with Crippen LogP contribution in [0.2, 0.25) is 0 Å². The van der Waals surface area contributed by atoms with Gasteiger partial charge in [-0.2, -0.15) is 4.31 Å². The van der Waals surface area contributed by atoms with Gasteiger partial charge in [-0.25, -0.2) is 8.42 Å². The molecule has 0 amide bonds. The lowest BCUT2D eigenvalue weighted by Crippen LogP contribution is -2.34. The molecule has 21 heavy (non-hydrogen) atoms. The maximum atomic E-state index is 12.8. The third-order valence-corrected chi connectivity index (χ3v) is 7.00. The lowest BCUT2D eigenvalue weighted by molar-refractivity contribution is 0.403. The first-order valence-electron chi connectivity index (χ1n) is 7.41. The molecule has 1 aromatic rings. The molecule has 2 heterocycles. The Bertz CT molecular complexity index is 624. The Morgan fingerprint density at radius 2 is 2.14 bits per heavy atom. The average molecular weight is 377 g/mol. The van der Waals surface area contributed by atoms with Crippen LogP contribution in [0.5, 0.6) is 0 Å². The van der Waals surface area contributed by atoms with E-state index in [0.717, 1.165) is 6.42 Å². The van der Waals surface area contributed by atoms with E-state index in [1.54, 1.807) is 10.4 Å². The van der Waals surface area contributed by atoms with E-state index in [4.69, 9.17) is 4.42 Å². The Hall–Kier alpha value is -0.370. The van der Waals surface area contributed by atoms with Crippen LogP contribution in [-0.4, -0.2) is 31.4 Å². The van der Waals surface area contributed by atoms with Gasteiger partial charge in [0.1, 0.15) is 10.7 Å². The highest BCUT2D eigenvalue weighted by Crippen LogP contribution is 2.34. The smallest absolute Gasteiger partial charge is 0.247 e. The highest BCUT2D eigenvalue weighted by Gasteiger charge is 2.38. The molecule has 1 saturated carbocycles. The van der Waals surface area contributed by atoms with E-state index >= 15 is 0 Å². The first kappa shape index (κ1) is 15.5. The largest absolute Gasteiger partial charge is 0.452 e. The van der Waals surface area contributed by atoms with Crippen molar-refractivity contribution >= 4 is 26.0 Å². The molecule has 0 aromatic carbocycles. The van der Waals surface area contributed by atoms with Gasteiger partial charge in [0, 0.05) is 24.7 Å². The van der Waals surface area contributed by atoms with E-state index in [1.165, 1.54) is 12.8 Å². The van der Waals surface area contributed by atoms with Crippen LogP contribution in [-0.2, 0) is 16.6 Å². The van der Waals surface area contributed by atoms with Gasteiger partial charge in [0.2, 0.25) is 10.0 Å². The van der Waals surface area contributed by atoms with Crippen molar-refractivity contribution in [2.75, 3.05) is 6.54 Å². The molecule has 2 fully saturated rings. The fourth-order valence-corrected chi connectivity index (χ4v) is 5.64. The molecule has 0 spiro atoms. The van der Waals surface area contributed by atoms with E-state index in [2.05, 4.69) is 28.2 Å². The maximum Gasteiger partial charge on any atom is 0.247 e. The molecule has 0 bridgehead atoms. The highest BCUT2D eigenvalue weighted by molar-refractivity contribution is 9.10. The number of nitrogens with zero attached hydrogens (tertiary/aromatic N) is 1. The normalized spacial score (nSPS) is 27.4. The van der Waals surface area contributed by atoms with Gasteiger partial charge in [0.15, 0.2) is 4.67 Å². The molecule has 2 unspecified atom stereocenters. The molecule has 0 radical (unpaired) electrons. The summed E-state index contributed by atoms with van der Waals surface area (Å²) in [6.45, 7) is 5.20. The van der Waals surface area contributed by atoms with E-state index in [-0.39, 0.29) is 10.9 Å². The summed E-state index contributed by atoms with van der Waals surface area (Å²) < 4.78 is 33.0. The Kier molecular flexibility index (Phi) is 4.20. The van der Waals surface area contributed by atoms with Gasteiger partial charge in [-0.05, 0) is 48.0 Å². The van der Waals surface area contributed by atoms with Crippen LogP contribution >= 0.6 is 15.9 Å². The number of hydrogen-bond acceptors (Lipinski definition) is 4. The van der Waals surface area contributed by atoms with Crippen LogP contribution in [0.15, 0.2) is 20.0 Å². The van der Waals surface area contributed by atoms with Crippen LogP contribution < -0.4 is 5.32 Å². The van der Waals surface area contributed by atoms with E-state index in [9.17, 15) is 8.42 Å². The standard InChI is InChI=1S/C14H21BrN2O3S/c1-9-5-10(2)17(8-9)21(18,19)13-6-12(20-14(13)15)7-16-11-3-4-11/h6,9-11,16H,3-5,7-8H2,1-2H3. The quantitative estimate of drug-likeness (QED) is 0.857. The second-order valence-corrected chi connectivity index (χ2v) is 8.85. The SMILES string of the molecule is CC1CC(C)N(S(=O)(=O)c2cc(CNC3CC3)oc2Br)C1. The summed E-state index contributed by atoms with van der Waals surface area (Å²) >= 11 is 3.26. The molecule has 118 valence electrons. The maximum absolute atomic E-state index is 12.8. The summed E-state index contributed by atoms with van der Waals surface area (Å²) in [5.74, 6) is 1.06. The highest BCUT2D eigenvalue weighted by atomic mass is 79.9. The molecular formula is C14H21BrN2O3S. The second-order valence-electron chi connectivity index (χ2n) is 6.27. The van der Waals surface area contributed by atoms with Crippen molar-refractivity contribution in [1.82, 2.24) is 9.62 Å². The van der Waals surface area contributed by atoms with Crippen molar-refractivity contribution in [1.29, 1.82) is 0 Å². The topological polar surface area (TPSA) is 62.6 Å². The molecule has 3 rings (SSSR count). The Balaban J connectivity index is 1.81. The zero-order chi connectivity index (χ0) is 15.2. The van der Waals surface area contributed by atoms with Gasteiger partial charge in [-0.1, -0.05) is 6.92 Å². The summed E-state index contributed by atoms with van der Waals surface area (Å²) in [6.07, 6.45) is 3.29. The van der Waals surface area contributed by atoms with Crippen LogP contribution in [0.1, 0.15) is 38.9 Å². The molecule has 7 heteroatoms. The summed E-state index contributed by atoms with van der Waals surface area (Å²) in [7, 11) is -3.49. The number of nitrogens with one attached hydrogen (secondary N) is 1. The van der Waals surface area contributed by atoms with E-state index in [0.29, 0.717) is 35.5 Å². The number of sulfonamides is 1. The third kappa shape index (κ3) is 3.21. The second kappa shape index (κ2) is 5.68. The number of hydrogen-bond donors (Lipinski definition) is 1. The lowest BCUT2D eigenvalue weighted by atomic mass is 10.1. The number of halogens is 1. The first-order chi connectivity index (χ1) is 9.88. The van der Waals surface area contributed by atoms with Crippen LogP contribution in [0.25, 0.3) is 0 Å². The molecular weight excluding hydrogens is 356 g/mol. The van der Waals surface area contributed by atoms with Gasteiger partial charge in [0.25, 0.3) is 0 Å². The third-order valence-electron chi connectivity index (χ3n) is 4.16. The van der Waals surface area contributed by atoms with Crippen molar-refractivity contribution in [3.05, 3.63) is 16.5 Å². The summed E-state index contributed by atoms with van der Waals surface area (Å²) in [6, 6.07) is 2.25. The van der Waals surface area contributed by atoms with Gasteiger partial charge in [-0.3, -0.25) is 0 Å². The van der Waals surface area contributed by atoms with Crippen molar-refractivity contribution in [2.45, 2.75) is 56.6 Å². The molecule has 1 aliphatic carbocycles. The minimum Gasteiger partial charge on any atom is -0.452 e. The molecule has 5 nitrogen and oxygen atoms in total. The van der Waals surface area contributed by atoms with Gasteiger partial charge < -0.3 is 9.73 Å². The van der Waals surface area contributed by atoms with Crippen LogP contribution in [0.3, 0.4) is 0 Å². The lowest BCUT2D eigenvalue weighted by Gasteiger charge is -2.20. The average Bonchev–Trinajstić information content (AvgIpc) is 3.06. The zero-order valence-corrected chi connectivity index (χ0v) is 14.7. The molecule has 2 atom stereocenters. The zero-order valence-electron chi connectivity index (χ0n) is 12.3. The van der Waals surface area contributed by atoms with Gasteiger partial charge in [-0.15, -0.1) is 0 Å². The summed E-state index contributed by atoms with van der Waals surface area (Å²) in [5.41, 5.74) is 0. The minimum atomic E-state index is -3.49. The molecule has 1 aromatic heterocycles. The number of rotatable bonds is 5. The molecule has 1 saturated heterocycles. The van der Waals surface area contributed by atoms with Gasteiger partial charge >= 0.3 is 0 Å². The fourth-order valence-electron chi connectivity index (χ4n) is 2.92. The summed E-state index contributed by atoms with van der Waals surface area (Å²) in [4.78, 5) is 0.246.